The minimum Gasteiger partial charge on any atom is -0.508 e. The molecule has 0 aromatic heterocycles. The summed E-state index contributed by atoms with van der Waals surface area (Å²) in [5.74, 6) is -1.06. The molecule has 0 fully saturated rings. The highest BCUT2D eigenvalue weighted by atomic mass is 16.3. The maximum absolute atomic E-state index is 10.5. The van der Waals surface area contributed by atoms with Crippen molar-refractivity contribution in [1.82, 2.24) is 0 Å². The number of aromatic hydroxyl groups is 5. The van der Waals surface area contributed by atoms with Gasteiger partial charge in [-0.1, -0.05) is 13.3 Å². The lowest BCUT2D eigenvalue weighted by molar-refractivity contribution is 0.390. The predicted octanol–water partition coefficient (Wildman–Crippen LogP) is 4.15. The van der Waals surface area contributed by atoms with Crippen molar-refractivity contribution in [3.05, 3.63) is 28.3 Å². The number of unbranched alkanes of at least 4 members (excludes halogenated alkanes) is 1. The Morgan fingerprint density at radius 1 is 0.750 bits per heavy atom. The van der Waals surface area contributed by atoms with Gasteiger partial charge in [-0.05, 0) is 45.2 Å². The van der Waals surface area contributed by atoms with Gasteiger partial charge in [0.15, 0.2) is 11.5 Å². The van der Waals surface area contributed by atoms with Gasteiger partial charge in [0.1, 0.15) is 17.2 Å². The average Bonchev–Trinajstić information content (AvgIpc) is 2.55. The van der Waals surface area contributed by atoms with E-state index in [1.165, 1.54) is 13.0 Å². The summed E-state index contributed by atoms with van der Waals surface area (Å²) in [6.45, 7) is 6.77. The topological polar surface area (TPSA) is 101 Å². The van der Waals surface area contributed by atoms with E-state index in [4.69, 9.17) is 0 Å². The Balaban J connectivity index is 2.94. The first-order valence-electron chi connectivity index (χ1n) is 8.01. The Hall–Kier alpha value is -2.56. The Morgan fingerprint density at radius 3 is 1.96 bits per heavy atom. The number of aryl methyl sites for hydroxylation is 1. The zero-order valence-electron chi connectivity index (χ0n) is 14.4. The van der Waals surface area contributed by atoms with Crippen molar-refractivity contribution >= 4 is 0 Å². The van der Waals surface area contributed by atoms with Crippen molar-refractivity contribution in [1.29, 1.82) is 0 Å². The van der Waals surface area contributed by atoms with Gasteiger partial charge in [0.2, 0.25) is 0 Å². The van der Waals surface area contributed by atoms with Crippen molar-refractivity contribution in [2.45, 2.75) is 47.0 Å². The first kappa shape index (κ1) is 17.8. The first-order valence-corrected chi connectivity index (χ1v) is 8.01. The highest BCUT2D eigenvalue weighted by molar-refractivity contribution is 5.87. The number of phenols is 5. The van der Waals surface area contributed by atoms with Gasteiger partial charge < -0.3 is 25.5 Å². The molecular weight excluding hydrogens is 308 g/mol. The van der Waals surface area contributed by atoms with E-state index in [-0.39, 0.29) is 33.9 Å². The number of benzene rings is 2. The minimum atomic E-state index is -0.428. The molecule has 5 N–H and O–H groups in total. The lowest BCUT2D eigenvalue weighted by Gasteiger charge is -2.20. The van der Waals surface area contributed by atoms with Crippen LogP contribution in [-0.2, 0) is 6.42 Å². The molecule has 2 rings (SSSR count). The van der Waals surface area contributed by atoms with Crippen molar-refractivity contribution in [2.75, 3.05) is 0 Å². The summed E-state index contributed by atoms with van der Waals surface area (Å²) in [5.41, 5.74) is 1.84. The van der Waals surface area contributed by atoms with E-state index in [0.717, 1.165) is 12.8 Å². The van der Waals surface area contributed by atoms with Crippen LogP contribution in [0.25, 0.3) is 11.1 Å². The summed E-state index contributed by atoms with van der Waals surface area (Å²) < 4.78 is 0. The van der Waals surface area contributed by atoms with Crippen LogP contribution in [0.4, 0.5) is 0 Å². The molecule has 2 aromatic carbocycles. The second-order valence-corrected chi connectivity index (χ2v) is 6.19. The van der Waals surface area contributed by atoms with E-state index >= 15 is 0 Å². The zero-order valence-corrected chi connectivity index (χ0v) is 14.4. The zero-order chi connectivity index (χ0) is 18.2. The van der Waals surface area contributed by atoms with E-state index in [9.17, 15) is 25.5 Å². The molecule has 0 unspecified atom stereocenters. The Bertz CT molecular complexity index is 767. The van der Waals surface area contributed by atoms with E-state index in [0.29, 0.717) is 23.1 Å². The summed E-state index contributed by atoms with van der Waals surface area (Å²) >= 11 is 0. The molecule has 0 saturated carbocycles. The van der Waals surface area contributed by atoms with Crippen LogP contribution in [0.5, 0.6) is 28.7 Å². The normalized spacial score (nSPS) is 11.0. The third kappa shape index (κ3) is 2.70. The predicted molar refractivity (Wildman–Crippen MR) is 93.0 cm³/mol. The summed E-state index contributed by atoms with van der Waals surface area (Å²) in [6, 6.07) is 1.44. The van der Waals surface area contributed by atoms with Crippen molar-refractivity contribution < 1.29 is 25.5 Å². The standard InChI is InChI=1S/C19H24O5/c1-5-6-7-12-15(19(24)18(23)11(4)17(12)22)14-10(3)13(20)8-9(2)16(14)21/h8,20-24H,5-7H2,1-4H3. The third-order valence-corrected chi connectivity index (χ3v) is 4.51. The van der Waals surface area contributed by atoms with Crippen LogP contribution in [-0.4, -0.2) is 25.5 Å². The quantitative estimate of drug-likeness (QED) is 0.428. The van der Waals surface area contributed by atoms with Gasteiger partial charge in [-0.15, -0.1) is 0 Å². The van der Waals surface area contributed by atoms with E-state index in [2.05, 4.69) is 0 Å². The fraction of sp³-hybridized carbons (Fsp3) is 0.368. The van der Waals surface area contributed by atoms with Crippen molar-refractivity contribution in [3.8, 4) is 39.9 Å². The van der Waals surface area contributed by atoms with Gasteiger partial charge in [-0.25, -0.2) is 0 Å². The van der Waals surface area contributed by atoms with Gasteiger partial charge in [0, 0.05) is 27.8 Å². The minimum absolute atomic E-state index is 0.0271. The van der Waals surface area contributed by atoms with Crippen molar-refractivity contribution in [2.24, 2.45) is 0 Å². The third-order valence-electron chi connectivity index (χ3n) is 4.51. The molecule has 0 spiro atoms. The van der Waals surface area contributed by atoms with E-state index < -0.39 is 11.5 Å². The molecule has 0 radical (unpaired) electrons. The van der Waals surface area contributed by atoms with Crippen LogP contribution in [0, 0.1) is 20.8 Å². The van der Waals surface area contributed by atoms with E-state index in [1.807, 2.05) is 6.92 Å². The molecule has 0 bridgehead atoms. The van der Waals surface area contributed by atoms with Gasteiger partial charge in [-0.3, -0.25) is 0 Å². The molecule has 0 heterocycles. The number of hydrogen-bond acceptors (Lipinski definition) is 5. The molecule has 0 amide bonds. The fourth-order valence-corrected chi connectivity index (χ4v) is 2.95. The van der Waals surface area contributed by atoms with Crippen LogP contribution in [0.1, 0.15) is 42.0 Å². The molecule has 0 aliphatic rings. The molecule has 0 aliphatic carbocycles. The molecule has 0 atom stereocenters. The highest BCUT2D eigenvalue weighted by Crippen LogP contribution is 2.52. The lowest BCUT2D eigenvalue weighted by Crippen LogP contribution is -1.98. The monoisotopic (exact) mass is 332 g/mol. The van der Waals surface area contributed by atoms with Crippen LogP contribution in [0.2, 0.25) is 0 Å². The Kier molecular flexibility index (Phi) is 4.83. The maximum atomic E-state index is 10.5. The molecule has 0 saturated heterocycles. The number of rotatable bonds is 4. The van der Waals surface area contributed by atoms with Crippen LogP contribution in [0.15, 0.2) is 6.07 Å². The summed E-state index contributed by atoms with van der Waals surface area (Å²) in [6.07, 6.45) is 2.12. The molecule has 5 nitrogen and oxygen atoms in total. The van der Waals surface area contributed by atoms with Crippen molar-refractivity contribution in [3.63, 3.8) is 0 Å². The molecule has 0 aliphatic heterocycles. The SMILES string of the molecule is CCCCc1c(O)c(C)c(O)c(O)c1-c1c(C)c(O)cc(C)c1O. The Morgan fingerprint density at radius 2 is 1.38 bits per heavy atom. The van der Waals surface area contributed by atoms with Gasteiger partial charge in [-0.2, -0.15) is 0 Å². The highest BCUT2D eigenvalue weighted by Gasteiger charge is 2.26. The molecule has 24 heavy (non-hydrogen) atoms. The number of phenolic OH excluding ortho intramolecular Hbond substituents is 5. The molecule has 130 valence electrons. The van der Waals surface area contributed by atoms with Gasteiger partial charge in [0.05, 0.1) is 0 Å². The van der Waals surface area contributed by atoms with Gasteiger partial charge >= 0.3 is 0 Å². The van der Waals surface area contributed by atoms with E-state index in [1.54, 1.807) is 13.8 Å². The average molecular weight is 332 g/mol. The number of hydrogen-bond donors (Lipinski definition) is 5. The summed E-state index contributed by atoms with van der Waals surface area (Å²) in [7, 11) is 0. The molecular formula is C19H24O5. The van der Waals surface area contributed by atoms with Gasteiger partial charge in [0.25, 0.3) is 0 Å². The molecule has 2 aromatic rings. The smallest absolute Gasteiger partial charge is 0.166 e. The van der Waals surface area contributed by atoms with Crippen LogP contribution >= 0.6 is 0 Å². The lowest BCUT2D eigenvalue weighted by atomic mass is 9.87. The largest absolute Gasteiger partial charge is 0.508 e. The van der Waals surface area contributed by atoms with Crippen LogP contribution in [0.3, 0.4) is 0 Å². The summed E-state index contributed by atoms with van der Waals surface area (Å²) in [5, 5.41) is 51.7. The second-order valence-electron chi connectivity index (χ2n) is 6.19. The second kappa shape index (κ2) is 6.51. The molecule has 5 heteroatoms. The fourth-order valence-electron chi connectivity index (χ4n) is 2.95. The van der Waals surface area contributed by atoms with Crippen LogP contribution < -0.4 is 0 Å². The summed E-state index contributed by atoms with van der Waals surface area (Å²) in [4.78, 5) is 0. The first-order chi connectivity index (χ1) is 11.2. The maximum Gasteiger partial charge on any atom is 0.166 e. The Labute approximate surface area is 141 Å².